The van der Waals surface area contributed by atoms with E-state index in [4.69, 9.17) is 17.0 Å². The summed E-state index contributed by atoms with van der Waals surface area (Å²) in [5.74, 6) is 1.00. The molecule has 0 saturated carbocycles. The molecule has 2 aromatic carbocycles. The third-order valence-electron chi connectivity index (χ3n) is 5.64. The van der Waals surface area contributed by atoms with Crippen LogP contribution in [0.4, 0.5) is 5.69 Å². The number of hydrogen-bond donors (Lipinski definition) is 2. The van der Waals surface area contributed by atoms with E-state index >= 15 is 0 Å². The topological polar surface area (TPSA) is 62.5 Å². The highest BCUT2D eigenvalue weighted by molar-refractivity contribution is 7.80. The predicted octanol–water partition coefficient (Wildman–Crippen LogP) is 4.76. The summed E-state index contributed by atoms with van der Waals surface area (Å²) < 4.78 is 7.58. The third kappa shape index (κ3) is 3.56. The molecule has 32 heavy (non-hydrogen) atoms. The van der Waals surface area contributed by atoms with Gasteiger partial charge in [-0.3, -0.25) is 4.98 Å². The highest BCUT2D eigenvalue weighted by atomic mass is 32.1. The minimum atomic E-state index is -0.164. The molecule has 7 heteroatoms. The normalized spacial score (nSPS) is 17.9. The number of thiocarbonyl (C=S) groups is 1. The van der Waals surface area contributed by atoms with E-state index in [1.165, 1.54) is 0 Å². The minimum absolute atomic E-state index is 0.156. The molecule has 5 rings (SSSR count). The van der Waals surface area contributed by atoms with Crippen LogP contribution in [0.3, 0.4) is 0 Å². The number of hydrogen-bond acceptors (Lipinski definition) is 4. The van der Waals surface area contributed by atoms with E-state index in [2.05, 4.69) is 25.8 Å². The molecule has 0 aliphatic carbocycles. The van der Waals surface area contributed by atoms with Gasteiger partial charge in [-0.1, -0.05) is 12.1 Å². The lowest BCUT2D eigenvalue weighted by Gasteiger charge is -2.29. The van der Waals surface area contributed by atoms with Gasteiger partial charge in [0.15, 0.2) is 5.11 Å². The number of benzene rings is 2. The molecule has 3 heterocycles. The first-order chi connectivity index (χ1) is 15.7. The van der Waals surface area contributed by atoms with Gasteiger partial charge in [-0.25, -0.2) is 0 Å². The first-order valence-corrected chi connectivity index (χ1v) is 10.7. The molecule has 0 unspecified atom stereocenters. The van der Waals surface area contributed by atoms with Crippen molar-refractivity contribution in [2.45, 2.75) is 12.1 Å². The lowest BCUT2D eigenvalue weighted by molar-refractivity contribution is 0.414. The molecule has 1 aliphatic heterocycles. The summed E-state index contributed by atoms with van der Waals surface area (Å²) in [6, 6.07) is 24.7. The Morgan fingerprint density at radius 3 is 2.56 bits per heavy atom. The second-order valence-corrected chi connectivity index (χ2v) is 7.90. The molecule has 6 nitrogen and oxygen atoms in total. The second kappa shape index (κ2) is 8.36. The van der Waals surface area contributed by atoms with E-state index in [1.807, 2.05) is 66.9 Å². The number of methoxy groups -OCH3 is 1. The maximum Gasteiger partial charge on any atom is 0.174 e. The van der Waals surface area contributed by atoms with Crippen molar-refractivity contribution < 1.29 is 9.84 Å². The largest absolute Gasteiger partial charge is 0.508 e. The summed E-state index contributed by atoms with van der Waals surface area (Å²) in [4.78, 5) is 6.69. The van der Waals surface area contributed by atoms with Gasteiger partial charge in [0.2, 0.25) is 0 Å². The summed E-state index contributed by atoms with van der Waals surface area (Å²) >= 11 is 5.78. The molecule has 1 fully saturated rings. The monoisotopic (exact) mass is 442 g/mol. The van der Waals surface area contributed by atoms with Gasteiger partial charge in [-0.15, -0.1) is 0 Å². The maximum atomic E-state index is 9.79. The van der Waals surface area contributed by atoms with Gasteiger partial charge in [0, 0.05) is 35.5 Å². The second-order valence-electron chi connectivity index (χ2n) is 7.52. The van der Waals surface area contributed by atoms with E-state index < -0.39 is 0 Å². The molecule has 2 N–H and O–H groups in total. The highest BCUT2D eigenvalue weighted by Crippen LogP contribution is 2.42. The summed E-state index contributed by atoms with van der Waals surface area (Å²) in [5, 5.41) is 13.9. The molecule has 0 bridgehead atoms. The fourth-order valence-electron chi connectivity index (χ4n) is 4.18. The third-order valence-corrected chi connectivity index (χ3v) is 5.96. The first kappa shape index (κ1) is 20.1. The van der Waals surface area contributed by atoms with Crippen molar-refractivity contribution in [3.63, 3.8) is 0 Å². The Bertz CT molecular complexity index is 1240. The SMILES string of the molecule is COc1cccc(-n2cccc2[C@H]2[C@@H](c3ccccn3)NC(=S)N2c2ccc(O)cc2)c1. The van der Waals surface area contributed by atoms with Gasteiger partial charge in [0.1, 0.15) is 17.5 Å². The van der Waals surface area contributed by atoms with E-state index in [1.54, 1.807) is 25.4 Å². The standard InChI is InChI=1S/C25H22N4O2S/c1-31-20-7-4-6-18(16-20)28-15-5-9-22(28)24-23(21-8-2-3-14-26-21)27-25(32)29(24)17-10-12-19(30)13-11-17/h2-16,23-24,30H,1H3,(H,27,32)/t23-,24+/m1/s1. The zero-order valence-corrected chi connectivity index (χ0v) is 18.2. The van der Waals surface area contributed by atoms with Gasteiger partial charge in [-0.2, -0.15) is 0 Å². The number of phenols is 1. The van der Waals surface area contributed by atoms with Crippen LogP contribution in [0.25, 0.3) is 5.69 Å². The zero-order chi connectivity index (χ0) is 22.1. The number of pyridine rings is 1. The number of nitrogens with zero attached hydrogens (tertiary/aromatic N) is 3. The smallest absolute Gasteiger partial charge is 0.174 e. The Morgan fingerprint density at radius 1 is 0.969 bits per heavy atom. The average molecular weight is 443 g/mol. The van der Waals surface area contributed by atoms with Crippen LogP contribution in [0.15, 0.2) is 91.3 Å². The first-order valence-electron chi connectivity index (χ1n) is 10.3. The van der Waals surface area contributed by atoms with E-state index in [0.29, 0.717) is 5.11 Å². The van der Waals surface area contributed by atoms with Crippen LogP contribution in [-0.2, 0) is 0 Å². The van der Waals surface area contributed by atoms with Crippen molar-refractivity contribution >= 4 is 23.0 Å². The van der Waals surface area contributed by atoms with Crippen LogP contribution in [0.5, 0.6) is 11.5 Å². The Labute approximate surface area is 191 Å². The fraction of sp³-hybridized carbons (Fsp3) is 0.120. The fourth-order valence-corrected chi connectivity index (χ4v) is 4.52. The molecule has 160 valence electrons. The zero-order valence-electron chi connectivity index (χ0n) is 17.4. The number of phenolic OH excluding ortho intramolecular Hbond substituents is 1. The summed E-state index contributed by atoms with van der Waals surface area (Å²) in [6.45, 7) is 0. The molecular formula is C25H22N4O2S. The molecule has 4 aromatic rings. The van der Waals surface area contributed by atoms with Crippen LogP contribution in [0.1, 0.15) is 23.5 Å². The van der Waals surface area contributed by atoms with Crippen LogP contribution in [0, 0.1) is 0 Å². The van der Waals surface area contributed by atoms with E-state index in [9.17, 15) is 5.11 Å². The van der Waals surface area contributed by atoms with Crippen LogP contribution in [0.2, 0.25) is 0 Å². The van der Waals surface area contributed by atoms with Gasteiger partial charge < -0.3 is 24.6 Å². The van der Waals surface area contributed by atoms with E-state index in [0.717, 1.165) is 28.5 Å². The lowest BCUT2D eigenvalue weighted by Crippen LogP contribution is -2.30. The molecular weight excluding hydrogens is 420 g/mol. The Morgan fingerprint density at radius 2 is 1.81 bits per heavy atom. The highest BCUT2D eigenvalue weighted by Gasteiger charge is 2.42. The van der Waals surface area contributed by atoms with Crippen LogP contribution >= 0.6 is 12.2 Å². The minimum Gasteiger partial charge on any atom is -0.508 e. The molecule has 1 saturated heterocycles. The van der Waals surface area contributed by atoms with Crippen molar-refractivity contribution in [2.75, 3.05) is 12.0 Å². The molecule has 2 atom stereocenters. The average Bonchev–Trinajstić information content (AvgIpc) is 3.44. The number of anilines is 1. The molecule has 1 aliphatic rings. The predicted molar refractivity (Wildman–Crippen MR) is 128 cm³/mol. The van der Waals surface area contributed by atoms with Gasteiger partial charge in [0.05, 0.1) is 18.8 Å². The molecule has 2 aromatic heterocycles. The van der Waals surface area contributed by atoms with Gasteiger partial charge >= 0.3 is 0 Å². The quantitative estimate of drug-likeness (QED) is 0.435. The molecule has 0 amide bonds. The number of aromatic nitrogens is 2. The van der Waals surface area contributed by atoms with Crippen molar-refractivity contribution in [1.29, 1.82) is 0 Å². The van der Waals surface area contributed by atoms with Crippen molar-refractivity contribution in [3.05, 3.63) is 103 Å². The maximum absolute atomic E-state index is 9.79. The summed E-state index contributed by atoms with van der Waals surface area (Å²) in [6.07, 6.45) is 3.83. The van der Waals surface area contributed by atoms with Crippen molar-refractivity contribution in [1.82, 2.24) is 14.9 Å². The molecule has 0 spiro atoms. The Kier molecular flexibility index (Phi) is 5.25. The molecule has 0 radical (unpaired) electrons. The van der Waals surface area contributed by atoms with E-state index in [-0.39, 0.29) is 17.8 Å². The summed E-state index contributed by atoms with van der Waals surface area (Å²) in [5.41, 5.74) is 3.84. The number of nitrogens with one attached hydrogen (secondary N) is 1. The lowest BCUT2D eigenvalue weighted by atomic mass is 10.0. The number of ether oxygens (including phenoxy) is 1. The van der Waals surface area contributed by atoms with Gasteiger partial charge in [-0.05, 0) is 72.9 Å². The van der Waals surface area contributed by atoms with Gasteiger partial charge in [0.25, 0.3) is 0 Å². The number of aromatic hydroxyl groups is 1. The Balaban J connectivity index is 1.66. The van der Waals surface area contributed by atoms with Crippen molar-refractivity contribution in [3.8, 4) is 17.2 Å². The van der Waals surface area contributed by atoms with Crippen molar-refractivity contribution in [2.24, 2.45) is 0 Å². The van der Waals surface area contributed by atoms with Crippen LogP contribution in [-0.4, -0.2) is 26.9 Å². The Hall–Kier alpha value is -3.84. The van der Waals surface area contributed by atoms with Crippen LogP contribution < -0.4 is 15.0 Å². The number of rotatable bonds is 5. The summed E-state index contributed by atoms with van der Waals surface area (Å²) in [7, 11) is 1.67.